The van der Waals surface area contributed by atoms with Crippen LogP contribution in [0.1, 0.15) is 18.1 Å². The molecule has 0 fully saturated rings. The lowest BCUT2D eigenvalue weighted by Gasteiger charge is -2.06. The molecule has 0 aliphatic carbocycles. The van der Waals surface area contributed by atoms with Gasteiger partial charge in [-0.2, -0.15) is 0 Å². The summed E-state index contributed by atoms with van der Waals surface area (Å²) in [5, 5.41) is 0.120. The van der Waals surface area contributed by atoms with Crippen LogP contribution in [0.25, 0.3) is 5.57 Å². The van der Waals surface area contributed by atoms with Gasteiger partial charge in [-0.1, -0.05) is 24.3 Å². The summed E-state index contributed by atoms with van der Waals surface area (Å²) >= 11 is 5.76. The van der Waals surface area contributed by atoms with Gasteiger partial charge in [-0.3, -0.25) is 4.79 Å². The van der Waals surface area contributed by atoms with Crippen molar-refractivity contribution in [3.8, 4) is 0 Å². The van der Waals surface area contributed by atoms with Crippen molar-refractivity contribution in [1.82, 2.24) is 0 Å². The fraction of sp³-hybridized carbons (Fsp3) is 0.182. The Labute approximate surface area is 88.1 Å². The highest BCUT2D eigenvalue weighted by Crippen LogP contribution is 2.23. The third-order valence-electron chi connectivity index (χ3n) is 2.00. The summed E-state index contributed by atoms with van der Waals surface area (Å²) in [4.78, 5) is 10.1. The number of carbonyl (C=O) groups excluding carboxylic acids is 1. The molecule has 1 aromatic rings. The highest BCUT2D eigenvalue weighted by atomic mass is 35.5. The van der Waals surface area contributed by atoms with Gasteiger partial charge >= 0.3 is 0 Å². The highest BCUT2D eigenvalue weighted by molar-refractivity contribution is 6.31. The molecule has 0 heterocycles. The van der Waals surface area contributed by atoms with Crippen LogP contribution in [-0.4, -0.2) is 6.47 Å². The Kier molecular flexibility index (Phi) is 3.72. The summed E-state index contributed by atoms with van der Waals surface area (Å²) < 4.78 is 4.58. The first-order chi connectivity index (χ1) is 6.66. The number of hydrogen-bond donors (Lipinski definition) is 0. The first-order valence-electron chi connectivity index (χ1n) is 4.19. The Hall–Kier alpha value is -1.28. The molecule has 1 aromatic carbocycles. The zero-order valence-electron chi connectivity index (χ0n) is 8.08. The van der Waals surface area contributed by atoms with Gasteiger partial charge in [0, 0.05) is 5.57 Å². The van der Waals surface area contributed by atoms with E-state index in [1.54, 1.807) is 0 Å². The van der Waals surface area contributed by atoms with Gasteiger partial charge in [0.25, 0.3) is 6.47 Å². The lowest BCUT2D eigenvalue weighted by atomic mass is 10.0. The number of rotatable bonds is 3. The quantitative estimate of drug-likeness (QED) is 0.566. The first-order valence-corrected chi connectivity index (χ1v) is 4.57. The van der Waals surface area contributed by atoms with Gasteiger partial charge in [-0.15, -0.1) is 0 Å². The maximum atomic E-state index is 10.1. The maximum Gasteiger partial charge on any atom is 0.299 e. The molecule has 3 heteroatoms. The average molecular weight is 211 g/mol. The monoisotopic (exact) mass is 210 g/mol. The predicted molar refractivity (Wildman–Crippen MR) is 56.8 cm³/mol. The lowest BCUT2D eigenvalue weighted by Crippen LogP contribution is -1.90. The largest absolute Gasteiger partial charge is 0.416 e. The van der Waals surface area contributed by atoms with Gasteiger partial charge < -0.3 is 4.74 Å². The fourth-order valence-corrected chi connectivity index (χ4v) is 1.37. The molecule has 0 unspecified atom stereocenters. The molecule has 0 saturated carbocycles. The second-order valence-corrected chi connectivity index (χ2v) is 3.27. The van der Waals surface area contributed by atoms with Crippen LogP contribution in [0.5, 0.6) is 0 Å². The highest BCUT2D eigenvalue weighted by Gasteiger charge is 2.05. The summed E-state index contributed by atoms with van der Waals surface area (Å²) in [5.41, 5.74) is 2.84. The SMILES string of the molecule is C/C(=C(\Cl)OC=O)c1ccccc1C. The summed E-state index contributed by atoms with van der Waals surface area (Å²) in [6.07, 6.45) is 0. The minimum atomic E-state index is 0.120. The summed E-state index contributed by atoms with van der Waals surface area (Å²) in [6.45, 7) is 4.11. The van der Waals surface area contributed by atoms with E-state index in [0.717, 1.165) is 16.7 Å². The van der Waals surface area contributed by atoms with E-state index in [2.05, 4.69) is 4.74 Å². The zero-order chi connectivity index (χ0) is 10.6. The summed E-state index contributed by atoms with van der Waals surface area (Å²) in [5.74, 6) is 0. The molecule has 0 saturated heterocycles. The van der Waals surface area contributed by atoms with E-state index < -0.39 is 0 Å². The van der Waals surface area contributed by atoms with Crippen LogP contribution in [0.15, 0.2) is 29.5 Å². The van der Waals surface area contributed by atoms with Gasteiger partial charge in [-0.25, -0.2) is 0 Å². The Bertz CT molecular complexity index is 369. The van der Waals surface area contributed by atoms with E-state index in [1.807, 2.05) is 38.1 Å². The topological polar surface area (TPSA) is 26.3 Å². The Morgan fingerprint density at radius 1 is 1.43 bits per heavy atom. The fourth-order valence-electron chi connectivity index (χ4n) is 1.23. The first kappa shape index (κ1) is 10.8. The van der Waals surface area contributed by atoms with Crippen molar-refractivity contribution in [2.24, 2.45) is 0 Å². The molecule has 74 valence electrons. The van der Waals surface area contributed by atoms with E-state index in [0.29, 0.717) is 6.47 Å². The Balaban J connectivity index is 3.11. The van der Waals surface area contributed by atoms with E-state index in [1.165, 1.54) is 0 Å². The van der Waals surface area contributed by atoms with Crippen LogP contribution < -0.4 is 0 Å². The molecular formula is C11H11ClO2. The Morgan fingerprint density at radius 3 is 2.64 bits per heavy atom. The van der Waals surface area contributed by atoms with E-state index in [-0.39, 0.29) is 5.22 Å². The minimum absolute atomic E-state index is 0.120. The van der Waals surface area contributed by atoms with Gasteiger partial charge in [0.2, 0.25) is 0 Å². The molecular weight excluding hydrogens is 200 g/mol. The number of carbonyl (C=O) groups is 1. The van der Waals surface area contributed by atoms with Crippen LogP contribution in [0.4, 0.5) is 0 Å². The lowest BCUT2D eigenvalue weighted by molar-refractivity contribution is -0.124. The van der Waals surface area contributed by atoms with Crippen LogP contribution in [-0.2, 0) is 9.53 Å². The second-order valence-electron chi connectivity index (χ2n) is 2.93. The van der Waals surface area contributed by atoms with Gasteiger partial charge in [0.15, 0.2) is 5.22 Å². The van der Waals surface area contributed by atoms with Gasteiger partial charge in [0.05, 0.1) is 0 Å². The number of halogens is 1. The normalized spacial score (nSPS) is 11.9. The zero-order valence-corrected chi connectivity index (χ0v) is 8.84. The maximum absolute atomic E-state index is 10.1. The van der Waals surface area contributed by atoms with Crippen molar-refractivity contribution in [2.75, 3.05) is 0 Å². The molecule has 0 aliphatic rings. The molecule has 0 amide bonds. The van der Waals surface area contributed by atoms with E-state index in [9.17, 15) is 4.79 Å². The minimum Gasteiger partial charge on any atom is -0.416 e. The molecule has 0 aromatic heterocycles. The van der Waals surface area contributed by atoms with Crippen LogP contribution in [0, 0.1) is 6.92 Å². The molecule has 14 heavy (non-hydrogen) atoms. The molecule has 0 radical (unpaired) electrons. The van der Waals surface area contributed by atoms with Crippen LogP contribution in [0.2, 0.25) is 0 Å². The third-order valence-corrected chi connectivity index (χ3v) is 2.37. The molecule has 0 atom stereocenters. The molecule has 0 N–H and O–H groups in total. The second kappa shape index (κ2) is 4.82. The number of benzene rings is 1. The molecule has 0 spiro atoms. The summed E-state index contributed by atoms with van der Waals surface area (Å²) in [6, 6.07) is 7.77. The van der Waals surface area contributed by atoms with Gasteiger partial charge in [0.1, 0.15) is 0 Å². The van der Waals surface area contributed by atoms with Crippen molar-refractivity contribution >= 4 is 23.6 Å². The van der Waals surface area contributed by atoms with Gasteiger partial charge in [-0.05, 0) is 36.6 Å². The van der Waals surface area contributed by atoms with Crippen molar-refractivity contribution in [3.05, 3.63) is 40.6 Å². The molecule has 2 nitrogen and oxygen atoms in total. The number of hydrogen-bond acceptors (Lipinski definition) is 2. The van der Waals surface area contributed by atoms with E-state index in [4.69, 9.17) is 11.6 Å². The smallest absolute Gasteiger partial charge is 0.299 e. The number of ether oxygens (including phenoxy) is 1. The molecule has 0 aliphatic heterocycles. The Morgan fingerprint density at radius 2 is 2.07 bits per heavy atom. The summed E-state index contributed by atoms with van der Waals surface area (Å²) in [7, 11) is 0. The molecule has 0 bridgehead atoms. The molecule has 1 rings (SSSR count). The van der Waals surface area contributed by atoms with Crippen molar-refractivity contribution in [1.29, 1.82) is 0 Å². The van der Waals surface area contributed by atoms with Crippen molar-refractivity contribution < 1.29 is 9.53 Å². The predicted octanol–water partition coefficient (Wildman–Crippen LogP) is 3.10. The van der Waals surface area contributed by atoms with Crippen LogP contribution in [0.3, 0.4) is 0 Å². The average Bonchev–Trinajstić information content (AvgIpc) is 2.18. The number of allylic oxidation sites excluding steroid dienone is 1. The van der Waals surface area contributed by atoms with Crippen molar-refractivity contribution in [3.63, 3.8) is 0 Å². The van der Waals surface area contributed by atoms with Crippen LogP contribution >= 0.6 is 11.6 Å². The third kappa shape index (κ3) is 2.36. The number of aryl methyl sites for hydroxylation is 1. The van der Waals surface area contributed by atoms with E-state index >= 15 is 0 Å². The standard InChI is InChI=1S/C11H11ClO2/c1-8-5-3-4-6-10(8)9(2)11(12)14-7-13/h3-7H,1-2H3/b11-9-. The van der Waals surface area contributed by atoms with Crippen molar-refractivity contribution in [2.45, 2.75) is 13.8 Å².